The van der Waals surface area contributed by atoms with Crippen LogP contribution in [0.1, 0.15) is 40.3 Å². The monoisotopic (exact) mass is 522 g/mol. The third-order valence-electron chi connectivity index (χ3n) is 7.39. The van der Waals surface area contributed by atoms with E-state index in [1.165, 1.54) is 45.9 Å². The summed E-state index contributed by atoms with van der Waals surface area (Å²) in [6, 6.07) is 29.9. The molecule has 4 aromatic rings. The molecule has 1 aliphatic rings. The summed E-state index contributed by atoms with van der Waals surface area (Å²) in [7, 11) is 1.67. The minimum absolute atomic E-state index is 0.221. The number of esters is 1. The third kappa shape index (κ3) is 4.90. The van der Waals surface area contributed by atoms with Crippen LogP contribution in [-0.4, -0.2) is 39.5 Å². The van der Waals surface area contributed by atoms with E-state index in [1.54, 1.807) is 7.11 Å². The fraction of sp³-hybridized carbons (Fsp3) is 0.265. The number of methoxy groups -OCH3 is 1. The van der Waals surface area contributed by atoms with Crippen molar-refractivity contribution in [3.8, 4) is 22.6 Å². The first-order valence-corrected chi connectivity index (χ1v) is 13.3. The summed E-state index contributed by atoms with van der Waals surface area (Å²) >= 11 is 0. The molecular weight excluding hydrogens is 488 g/mol. The average Bonchev–Trinajstić information content (AvgIpc) is 3.25. The molecule has 4 aromatic carbocycles. The summed E-state index contributed by atoms with van der Waals surface area (Å²) in [5.74, 6) is 1.24. The normalized spacial score (nSPS) is 12.9. The number of benzene rings is 4. The predicted octanol–water partition coefficient (Wildman–Crippen LogP) is 6.63. The van der Waals surface area contributed by atoms with E-state index in [-0.39, 0.29) is 12.6 Å². The van der Waals surface area contributed by atoms with Crippen LogP contribution in [0, 0.1) is 13.8 Å². The van der Waals surface area contributed by atoms with E-state index >= 15 is 0 Å². The van der Waals surface area contributed by atoms with Gasteiger partial charge in [0.15, 0.2) is 0 Å². The zero-order chi connectivity index (χ0) is 27.4. The molecule has 0 N–H and O–H groups in total. The number of aryl methyl sites for hydroxylation is 2. The maximum atomic E-state index is 11.1. The zero-order valence-electron chi connectivity index (χ0n) is 23.0. The second-order valence-electron chi connectivity index (χ2n) is 9.82. The summed E-state index contributed by atoms with van der Waals surface area (Å²) in [4.78, 5) is 11.1. The summed E-state index contributed by atoms with van der Waals surface area (Å²) in [5, 5.41) is 0. The predicted molar refractivity (Wildman–Crippen MR) is 153 cm³/mol. The van der Waals surface area contributed by atoms with Crippen LogP contribution in [0.4, 0.5) is 0 Å². The van der Waals surface area contributed by atoms with Gasteiger partial charge in [0.1, 0.15) is 31.3 Å². The summed E-state index contributed by atoms with van der Waals surface area (Å²) in [5.41, 5.74) is 9.46. The van der Waals surface area contributed by atoms with Crippen molar-refractivity contribution in [2.24, 2.45) is 0 Å². The minimum atomic E-state index is -0.510. The molecule has 0 unspecified atom stereocenters. The van der Waals surface area contributed by atoms with Crippen LogP contribution in [0.15, 0.2) is 84.9 Å². The minimum Gasteiger partial charge on any atom is -0.491 e. The molecule has 0 aliphatic heterocycles. The van der Waals surface area contributed by atoms with Crippen LogP contribution < -0.4 is 9.47 Å². The Morgan fingerprint density at radius 1 is 0.641 bits per heavy atom. The van der Waals surface area contributed by atoms with Gasteiger partial charge < -0.3 is 18.9 Å². The van der Waals surface area contributed by atoms with Crippen molar-refractivity contribution in [3.63, 3.8) is 0 Å². The molecule has 0 heterocycles. The molecule has 0 fully saturated rings. The highest BCUT2D eigenvalue weighted by Crippen LogP contribution is 2.57. The first kappa shape index (κ1) is 26.5. The standard InChI is InChI=1S/C34H34O5/c1-23-7-5-9-30-32(23)33-24(2)8-6-10-31(33)34(30,26-11-15-28(16-12-26)38-20-19-36-4)27-13-17-29(18-14-27)39-22-21-37-25(3)35/h5-18H,19-22H2,1-4H3. The molecule has 5 nitrogen and oxygen atoms in total. The van der Waals surface area contributed by atoms with E-state index in [1.807, 2.05) is 24.3 Å². The van der Waals surface area contributed by atoms with Crippen molar-refractivity contribution in [2.45, 2.75) is 26.2 Å². The maximum Gasteiger partial charge on any atom is 0.302 e. The van der Waals surface area contributed by atoms with Crippen LogP contribution in [0.25, 0.3) is 11.1 Å². The number of fused-ring (bicyclic) bond motifs is 3. The third-order valence-corrected chi connectivity index (χ3v) is 7.39. The molecule has 0 atom stereocenters. The second kappa shape index (κ2) is 11.3. The molecule has 200 valence electrons. The van der Waals surface area contributed by atoms with Gasteiger partial charge in [-0.2, -0.15) is 0 Å². The van der Waals surface area contributed by atoms with Crippen LogP contribution in [0.5, 0.6) is 11.5 Å². The molecule has 0 saturated heterocycles. The van der Waals surface area contributed by atoms with Crippen LogP contribution in [0.2, 0.25) is 0 Å². The maximum absolute atomic E-state index is 11.1. The van der Waals surface area contributed by atoms with Gasteiger partial charge in [-0.1, -0.05) is 60.7 Å². The van der Waals surface area contributed by atoms with Gasteiger partial charge in [0.2, 0.25) is 0 Å². The lowest BCUT2D eigenvalue weighted by Crippen LogP contribution is -2.28. The molecule has 0 spiro atoms. The Hall–Kier alpha value is -4.09. The molecule has 5 heteroatoms. The van der Waals surface area contributed by atoms with E-state index in [2.05, 4.69) is 74.5 Å². The lowest BCUT2D eigenvalue weighted by molar-refractivity contribution is -0.141. The number of ether oxygens (including phenoxy) is 4. The highest BCUT2D eigenvalue weighted by Gasteiger charge is 2.47. The number of hydrogen-bond acceptors (Lipinski definition) is 5. The molecule has 0 aromatic heterocycles. The molecular formula is C34H34O5. The molecule has 5 rings (SSSR count). The summed E-state index contributed by atoms with van der Waals surface area (Å²) < 4.78 is 21.9. The first-order chi connectivity index (χ1) is 19.0. The van der Waals surface area contributed by atoms with E-state index in [9.17, 15) is 4.79 Å². The van der Waals surface area contributed by atoms with E-state index in [0.717, 1.165) is 17.1 Å². The molecule has 0 bridgehead atoms. The average molecular weight is 523 g/mol. The number of hydrogen-bond donors (Lipinski definition) is 0. The van der Waals surface area contributed by atoms with Crippen molar-refractivity contribution in [3.05, 3.63) is 118 Å². The first-order valence-electron chi connectivity index (χ1n) is 13.3. The van der Waals surface area contributed by atoms with Crippen LogP contribution in [-0.2, 0) is 19.7 Å². The van der Waals surface area contributed by atoms with Gasteiger partial charge in [0.25, 0.3) is 0 Å². The van der Waals surface area contributed by atoms with E-state index in [0.29, 0.717) is 19.8 Å². The Bertz CT molecular complexity index is 1400. The fourth-order valence-corrected chi connectivity index (χ4v) is 5.75. The fourth-order valence-electron chi connectivity index (χ4n) is 5.75. The lowest BCUT2D eigenvalue weighted by atomic mass is 9.67. The molecule has 39 heavy (non-hydrogen) atoms. The van der Waals surface area contributed by atoms with E-state index in [4.69, 9.17) is 18.9 Å². The largest absolute Gasteiger partial charge is 0.491 e. The van der Waals surface area contributed by atoms with Crippen molar-refractivity contribution in [1.29, 1.82) is 0 Å². The van der Waals surface area contributed by atoms with Crippen molar-refractivity contribution in [2.75, 3.05) is 33.5 Å². The van der Waals surface area contributed by atoms with Crippen molar-refractivity contribution < 1.29 is 23.7 Å². The van der Waals surface area contributed by atoms with Gasteiger partial charge in [0.05, 0.1) is 12.0 Å². The number of carbonyl (C=O) groups is 1. The number of carbonyl (C=O) groups excluding carboxylic acids is 1. The Morgan fingerprint density at radius 2 is 1.10 bits per heavy atom. The van der Waals surface area contributed by atoms with Crippen LogP contribution in [0.3, 0.4) is 0 Å². The Labute approximate surface area is 230 Å². The van der Waals surface area contributed by atoms with Gasteiger partial charge in [-0.3, -0.25) is 4.79 Å². The molecule has 0 radical (unpaired) electrons. The zero-order valence-corrected chi connectivity index (χ0v) is 23.0. The molecule has 0 amide bonds. The van der Waals surface area contributed by atoms with Gasteiger partial charge in [-0.15, -0.1) is 0 Å². The van der Waals surface area contributed by atoms with Crippen molar-refractivity contribution >= 4 is 5.97 Å². The molecule has 1 aliphatic carbocycles. The highest BCUT2D eigenvalue weighted by atomic mass is 16.6. The quantitative estimate of drug-likeness (QED) is 0.152. The topological polar surface area (TPSA) is 54.0 Å². The van der Waals surface area contributed by atoms with Crippen molar-refractivity contribution in [1.82, 2.24) is 0 Å². The smallest absolute Gasteiger partial charge is 0.302 e. The Morgan fingerprint density at radius 3 is 1.54 bits per heavy atom. The molecule has 0 saturated carbocycles. The Kier molecular flexibility index (Phi) is 7.71. The summed E-state index contributed by atoms with van der Waals surface area (Å²) in [6.45, 7) is 7.35. The van der Waals surface area contributed by atoms with Gasteiger partial charge in [-0.25, -0.2) is 0 Å². The van der Waals surface area contributed by atoms with Crippen LogP contribution >= 0.6 is 0 Å². The van der Waals surface area contributed by atoms with E-state index < -0.39 is 5.41 Å². The number of rotatable bonds is 10. The SMILES string of the molecule is COCCOc1ccc(C2(c3ccc(OCCOC(C)=O)cc3)c3cccc(C)c3-c3c(C)cccc32)cc1. The van der Waals surface area contributed by atoms with Gasteiger partial charge in [-0.05, 0) is 82.6 Å². The highest BCUT2D eigenvalue weighted by molar-refractivity contribution is 5.89. The van der Waals surface area contributed by atoms with Gasteiger partial charge in [0, 0.05) is 14.0 Å². The Balaban J connectivity index is 1.64. The lowest BCUT2D eigenvalue weighted by Gasteiger charge is -2.34. The second-order valence-corrected chi connectivity index (χ2v) is 9.82. The summed E-state index contributed by atoms with van der Waals surface area (Å²) in [6.07, 6.45) is 0. The van der Waals surface area contributed by atoms with Gasteiger partial charge >= 0.3 is 5.97 Å².